The summed E-state index contributed by atoms with van der Waals surface area (Å²) in [5.74, 6) is -0.211. The van der Waals surface area contributed by atoms with E-state index in [1.54, 1.807) is 0 Å². The molecule has 1 aliphatic heterocycles. The van der Waals surface area contributed by atoms with Gasteiger partial charge < -0.3 is 20.4 Å². The molecule has 7 nitrogen and oxygen atoms in total. The maximum atomic E-state index is 12.0. The summed E-state index contributed by atoms with van der Waals surface area (Å²) in [4.78, 5) is 13.5. The Morgan fingerprint density at radius 1 is 1.75 bits per heavy atom. The average molecular weight is 224 g/mol. The Labute approximate surface area is 91.5 Å². The van der Waals surface area contributed by atoms with Crippen molar-refractivity contribution in [1.29, 1.82) is 0 Å². The van der Waals surface area contributed by atoms with E-state index in [-0.39, 0.29) is 23.5 Å². The molecule has 1 aromatic heterocycles. The molecule has 0 spiro atoms. The summed E-state index contributed by atoms with van der Waals surface area (Å²) in [5, 5.41) is 15.1. The molecule has 1 amide bonds. The molecule has 16 heavy (non-hydrogen) atoms. The van der Waals surface area contributed by atoms with Crippen molar-refractivity contribution < 1.29 is 14.5 Å². The van der Waals surface area contributed by atoms with Gasteiger partial charge in [0.05, 0.1) is 6.04 Å². The van der Waals surface area contributed by atoms with Crippen LogP contribution in [0.3, 0.4) is 0 Å². The smallest absolute Gasteiger partial charge is 0.276 e. The summed E-state index contributed by atoms with van der Waals surface area (Å²) in [5.41, 5.74) is 5.76. The molecule has 1 fully saturated rings. The van der Waals surface area contributed by atoms with Crippen molar-refractivity contribution in [3.63, 3.8) is 0 Å². The fraction of sp³-hybridized carbons (Fsp3) is 0.444. The van der Waals surface area contributed by atoms with Gasteiger partial charge >= 0.3 is 0 Å². The highest BCUT2D eigenvalue weighted by Gasteiger charge is 2.33. The molecule has 1 unspecified atom stereocenters. The molecular weight excluding hydrogens is 212 g/mol. The molecule has 1 aromatic rings. The summed E-state index contributed by atoms with van der Waals surface area (Å²) in [6.45, 7) is 0.576. The van der Waals surface area contributed by atoms with Crippen LogP contribution in [0.5, 0.6) is 0 Å². The summed E-state index contributed by atoms with van der Waals surface area (Å²) < 4.78 is 4.61. The maximum Gasteiger partial charge on any atom is 0.276 e. The summed E-state index contributed by atoms with van der Waals surface area (Å²) >= 11 is 0. The first-order valence-corrected chi connectivity index (χ1v) is 4.93. The molecule has 1 aliphatic rings. The topological polar surface area (TPSA) is 105 Å². The van der Waals surface area contributed by atoms with Crippen molar-refractivity contribution in [2.75, 3.05) is 6.54 Å². The molecule has 1 saturated heterocycles. The monoisotopic (exact) mass is 224 g/mol. The third-order valence-corrected chi connectivity index (χ3v) is 2.63. The van der Waals surface area contributed by atoms with Gasteiger partial charge in [-0.3, -0.25) is 4.79 Å². The molecule has 7 heteroatoms. The number of oxime groups is 1. The van der Waals surface area contributed by atoms with E-state index in [0.29, 0.717) is 13.0 Å². The second-order valence-electron chi connectivity index (χ2n) is 3.57. The van der Waals surface area contributed by atoms with Crippen LogP contribution in [0.4, 0.5) is 0 Å². The van der Waals surface area contributed by atoms with E-state index < -0.39 is 0 Å². The zero-order valence-corrected chi connectivity index (χ0v) is 8.54. The fourth-order valence-electron chi connectivity index (χ4n) is 1.85. The second kappa shape index (κ2) is 4.21. The van der Waals surface area contributed by atoms with E-state index in [0.717, 1.165) is 6.42 Å². The first-order chi connectivity index (χ1) is 7.74. The van der Waals surface area contributed by atoms with Gasteiger partial charge in [-0.15, -0.1) is 0 Å². The number of carbonyl (C=O) groups excluding carboxylic acids is 1. The number of nitrogens with zero attached hydrogens (tertiary/aromatic N) is 3. The predicted molar refractivity (Wildman–Crippen MR) is 54.0 cm³/mol. The Hall–Kier alpha value is -2.05. The first-order valence-electron chi connectivity index (χ1n) is 4.93. The lowest BCUT2D eigenvalue weighted by atomic mass is 10.2. The van der Waals surface area contributed by atoms with Gasteiger partial charge in [-0.25, -0.2) is 0 Å². The molecule has 2 rings (SSSR count). The summed E-state index contributed by atoms with van der Waals surface area (Å²) in [6, 6.07) is 1.14. The third-order valence-electron chi connectivity index (χ3n) is 2.63. The number of hydrogen-bond acceptors (Lipinski definition) is 5. The molecule has 0 saturated carbocycles. The van der Waals surface area contributed by atoms with E-state index in [4.69, 9.17) is 10.9 Å². The van der Waals surface area contributed by atoms with Crippen molar-refractivity contribution in [3.05, 3.63) is 18.0 Å². The number of likely N-dealkylation sites (tertiary alicyclic amines) is 1. The molecule has 1 atom stereocenters. The van der Waals surface area contributed by atoms with Gasteiger partial charge in [0.25, 0.3) is 5.91 Å². The average Bonchev–Trinajstić information content (AvgIpc) is 2.97. The van der Waals surface area contributed by atoms with Gasteiger partial charge in [0.2, 0.25) is 0 Å². The zero-order chi connectivity index (χ0) is 11.5. The minimum absolute atomic E-state index is 0.0503. The lowest BCUT2D eigenvalue weighted by molar-refractivity contribution is 0.0757. The third kappa shape index (κ3) is 1.71. The molecule has 0 radical (unpaired) electrons. The van der Waals surface area contributed by atoms with E-state index in [9.17, 15) is 4.79 Å². The van der Waals surface area contributed by atoms with Gasteiger partial charge in [0, 0.05) is 12.6 Å². The maximum absolute atomic E-state index is 12.0. The van der Waals surface area contributed by atoms with Gasteiger partial charge in [-0.05, 0) is 12.8 Å². The van der Waals surface area contributed by atoms with Crippen molar-refractivity contribution >= 4 is 11.7 Å². The standard InChI is InChI=1S/C9H12N4O3/c10-8(11-15)7-2-1-4-13(7)9(14)6-3-5-16-12-6/h3,5,7,15H,1-2,4H2,(H2,10,11). The van der Waals surface area contributed by atoms with Crippen LogP contribution in [0.15, 0.2) is 22.0 Å². The van der Waals surface area contributed by atoms with Crippen LogP contribution in [0.25, 0.3) is 0 Å². The molecule has 2 heterocycles. The Bertz CT molecular complexity index is 401. The Morgan fingerprint density at radius 3 is 3.19 bits per heavy atom. The van der Waals surface area contributed by atoms with E-state index in [1.165, 1.54) is 17.2 Å². The number of rotatable bonds is 2. The minimum Gasteiger partial charge on any atom is -0.409 e. The van der Waals surface area contributed by atoms with Crippen molar-refractivity contribution in [1.82, 2.24) is 10.1 Å². The number of amidine groups is 1. The van der Waals surface area contributed by atoms with Gasteiger partial charge in [-0.1, -0.05) is 10.3 Å². The number of nitrogens with two attached hydrogens (primary N) is 1. The molecule has 0 aromatic carbocycles. The van der Waals surface area contributed by atoms with Gasteiger partial charge in [0.15, 0.2) is 11.5 Å². The fourth-order valence-corrected chi connectivity index (χ4v) is 1.85. The molecule has 3 N–H and O–H groups in total. The highest BCUT2D eigenvalue weighted by molar-refractivity contribution is 5.97. The van der Waals surface area contributed by atoms with Crippen LogP contribution in [0.2, 0.25) is 0 Å². The lowest BCUT2D eigenvalue weighted by Crippen LogP contribution is -2.44. The number of amides is 1. The number of aromatic nitrogens is 1. The number of carbonyl (C=O) groups is 1. The Balaban J connectivity index is 2.18. The predicted octanol–water partition coefficient (Wildman–Crippen LogP) is 0.0256. The second-order valence-corrected chi connectivity index (χ2v) is 3.57. The van der Waals surface area contributed by atoms with E-state index in [1.807, 2.05) is 0 Å². The van der Waals surface area contributed by atoms with Crippen molar-refractivity contribution in [2.45, 2.75) is 18.9 Å². The van der Waals surface area contributed by atoms with Gasteiger partial charge in [0.1, 0.15) is 6.26 Å². The Kier molecular flexibility index (Phi) is 2.76. The molecule has 0 aliphatic carbocycles. The van der Waals surface area contributed by atoms with Crippen LogP contribution in [0, 0.1) is 0 Å². The molecule has 86 valence electrons. The summed E-state index contributed by atoms with van der Waals surface area (Å²) in [6.07, 6.45) is 2.85. The molecular formula is C9H12N4O3. The minimum atomic E-state index is -0.353. The number of hydrogen-bond donors (Lipinski definition) is 2. The highest BCUT2D eigenvalue weighted by Crippen LogP contribution is 2.19. The largest absolute Gasteiger partial charge is 0.409 e. The zero-order valence-electron chi connectivity index (χ0n) is 8.54. The van der Waals surface area contributed by atoms with Crippen LogP contribution in [-0.2, 0) is 0 Å². The first kappa shape index (κ1) is 10.5. The molecule has 0 bridgehead atoms. The van der Waals surface area contributed by atoms with Crippen LogP contribution in [0.1, 0.15) is 23.3 Å². The van der Waals surface area contributed by atoms with Crippen LogP contribution in [-0.4, -0.2) is 39.6 Å². The SMILES string of the molecule is NC(=NO)C1CCCN1C(=O)c1ccon1. The highest BCUT2D eigenvalue weighted by atomic mass is 16.5. The van der Waals surface area contributed by atoms with Gasteiger partial charge in [-0.2, -0.15) is 0 Å². The van der Waals surface area contributed by atoms with E-state index >= 15 is 0 Å². The van der Waals surface area contributed by atoms with Crippen molar-refractivity contribution in [3.8, 4) is 0 Å². The van der Waals surface area contributed by atoms with Crippen LogP contribution < -0.4 is 5.73 Å². The normalized spacial score (nSPS) is 21.4. The van der Waals surface area contributed by atoms with Crippen molar-refractivity contribution in [2.24, 2.45) is 10.9 Å². The quantitative estimate of drug-likeness (QED) is 0.319. The lowest BCUT2D eigenvalue weighted by Gasteiger charge is -2.22. The summed E-state index contributed by atoms with van der Waals surface area (Å²) in [7, 11) is 0. The van der Waals surface area contributed by atoms with Crippen LogP contribution >= 0.6 is 0 Å². The van der Waals surface area contributed by atoms with E-state index in [2.05, 4.69) is 14.8 Å². The Morgan fingerprint density at radius 2 is 2.56 bits per heavy atom.